The van der Waals surface area contributed by atoms with Crippen LogP contribution in [0.2, 0.25) is 0 Å². The minimum absolute atomic E-state index is 0.969. The highest BCUT2D eigenvalue weighted by Crippen LogP contribution is 2.43. The lowest BCUT2D eigenvalue weighted by Gasteiger charge is -2.25. The van der Waals surface area contributed by atoms with Crippen LogP contribution in [0.4, 0.5) is 0 Å². The van der Waals surface area contributed by atoms with Crippen molar-refractivity contribution in [2.75, 3.05) is 0 Å². The van der Waals surface area contributed by atoms with Gasteiger partial charge in [0.15, 0.2) is 0 Å². The van der Waals surface area contributed by atoms with Crippen LogP contribution in [0.15, 0.2) is 133 Å². The minimum Gasteiger partial charge on any atom is -0.0616 e. The smallest absolute Gasteiger partial charge is 0.00135 e. The first-order valence-corrected chi connectivity index (χ1v) is 14.9. The summed E-state index contributed by atoms with van der Waals surface area (Å²) in [5.41, 5.74) is 5.92. The maximum Gasteiger partial charge on any atom is -0.00135 e. The molecule has 0 atom stereocenters. The average Bonchev–Trinajstić information content (AvgIpc) is 3.03. The molecule has 194 valence electrons. The number of hydrogen-bond acceptors (Lipinski definition) is 0. The predicted molar refractivity (Wildman–Crippen MR) is 181 cm³/mol. The number of fused-ring (bicyclic) bond motifs is 12. The Hall–Kier alpha value is -5.20. The van der Waals surface area contributed by atoms with Crippen LogP contribution in [0.5, 0.6) is 0 Å². The van der Waals surface area contributed by atoms with Gasteiger partial charge in [0.1, 0.15) is 0 Å². The van der Waals surface area contributed by atoms with Crippen LogP contribution < -0.4 is 0 Å². The van der Waals surface area contributed by atoms with Crippen LogP contribution in [0.3, 0.4) is 0 Å². The first-order valence-electron chi connectivity index (χ1n) is 14.9. The Balaban J connectivity index is 1.35. The van der Waals surface area contributed by atoms with E-state index >= 15 is 0 Å². The quantitative estimate of drug-likeness (QED) is 0.135. The van der Waals surface area contributed by atoms with Crippen molar-refractivity contribution >= 4 is 75.4 Å². The lowest BCUT2D eigenvalue weighted by Crippen LogP contribution is -2.09. The molecule has 0 unspecified atom stereocenters. The number of benzene rings is 9. The van der Waals surface area contributed by atoms with Gasteiger partial charge in [0.2, 0.25) is 0 Å². The highest BCUT2D eigenvalue weighted by atomic mass is 14.3. The Morgan fingerprint density at radius 2 is 0.548 bits per heavy atom. The van der Waals surface area contributed by atoms with Gasteiger partial charge in [-0.1, -0.05) is 84.9 Å². The summed E-state index contributed by atoms with van der Waals surface area (Å²) in [5, 5.41) is 18.6. The molecular weight excluding hydrogens is 504 g/mol. The third kappa shape index (κ3) is 3.18. The molecule has 0 aliphatic heterocycles. The molecule has 0 saturated carbocycles. The van der Waals surface area contributed by atoms with Crippen molar-refractivity contribution in [2.45, 2.75) is 12.8 Å². The van der Waals surface area contributed by atoms with Crippen LogP contribution in [-0.4, -0.2) is 0 Å². The highest BCUT2D eigenvalue weighted by molar-refractivity contribution is 6.19. The largest absolute Gasteiger partial charge is 0.0616 e. The van der Waals surface area contributed by atoms with Gasteiger partial charge in [-0.25, -0.2) is 0 Å². The standard InChI is InChI=1S/C42H26/c1-2-8-26-14-32-20-38-37(19-31(32)13-25(26)7-1)39-21-33-15-27-9-3-4-11-29(27)17-35(33)23-41(39)42-24-36-18-30-12-6-5-10-28(30)16-34(36)22-40(38)42/h1-21,23H,22,24H2. The normalized spacial score (nSPS) is 13.0. The molecule has 1 aliphatic rings. The molecule has 0 N–H and O–H groups in total. The molecule has 0 saturated heterocycles. The first-order chi connectivity index (χ1) is 20.7. The SMILES string of the molecule is c1ccc2cc3c(cc2c1)Cc1c(c2cc4cc5ccccc5cc4cc2c2cc4cc5ccccc5cc4cc12)C3. The van der Waals surface area contributed by atoms with Crippen molar-refractivity contribution in [3.05, 3.63) is 156 Å². The van der Waals surface area contributed by atoms with Crippen molar-refractivity contribution in [3.63, 3.8) is 0 Å². The van der Waals surface area contributed by atoms with E-state index in [1.165, 1.54) is 97.7 Å². The van der Waals surface area contributed by atoms with Crippen LogP contribution >= 0.6 is 0 Å². The zero-order valence-corrected chi connectivity index (χ0v) is 23.1. The molecule has 0 amide bonds. The van der Waals surface area contributed by atoms with Crippen molar-refractivity contribution in [2.24, 2.45) is 0 Å². The third-order valence-corrected chi connectivity index (χ3v) is 9.79. The summed E-state index contributed by atoms with van der Waals surface area (Å²) in [6, 6.07) is 50.5. The zero-order chi connectivity index (χ0) is 27.4. The van der Waals surface area contributed by atoms with Gasteiger partial charge < -0.3 is 0 Å². The highest BCUT2D eigenvalue weighted by Gasteiger charge is 2.23. The van der Waals surface area contributed by atoms with Crippen LogP contribution in [-0.2, 0) is 12.8 Å². The molecule has 9 aromatic carbocycles. The summed E-state index contributed by atoms with van der Waals surface area (Å²) in [7, 11) is 0. The van der Waals surface area contributed by atoms with E-state index in [0.29, 0.717) is 0 Å². The molecule has 0 bridgehead atoms. The Morgan fingerprint density at radius 3 is 0.881 bits per heavy atom. The van der Waals surface area contributed by atoms with Gasteiger partial charge in [-0.3, -0.25) is 0 Å². The second-order valence-electron chi connectivity index (χ2n) is 12.2. The zero-order valence-electron chi connectivity index (χ0n) is 23.1. The molecule has 0 nitrogen and oxygen atoms in total. The van der Waals surface area contributed by atoms with E-state index in [-0.39, 0.29) is 0 Å². The maximum absolute atomic E-state index is 2.48. The Bertz CT molecular complexity index is 2440. The lowest BCUT2D eigenvalue weighted by atomic mass is 9.78. The molecule has 10 rings (SSSR count). The number of rotatable bonds is 0. The van der Waals surface area contributed by atoms with Gasteiger partial charge in [-0.2, -0.15) is 0 Å². The van der Waals surface area contributed by atoms with E-state index < -0.39 is 0 Å². The molecule has 0 radical (unpaired) electrons. The molecule has 1 aliphatic carbocycles. The first kappa shape index (κ1) is 22.5. The molecule has 0 aromatic heterocycles. The summed E-state index contributed by atoms with van der Waals surface area (Å²) < 4.78 is 0. The van der Waals surface area contributed by atoms with E-state index in [0.717, 1.165) is 12.8 Å². The van der Waals surface area contributed by atoms with Gasteiger partial charge in [0.05, 0.1) is 0 Å². The van der Waals surface area contributed by atoms with Crippen molar-refractivity contribution in [1.82, 2.24) is 0 Å². The Labute approximate surface area is 243 Å². The fourth-order valence-corrected chi connectivity index (χ4v) is 7.70. The van der Waals surface area contributed by atoms with Crippen LogP contribution in [0.1, 0.15) is 22.3 Å². The second-order valence-corrected chi connectivity index (χ2v) is 12.2. The van der Waals surface area contributed by atoms with Gasteiger partial charge in [-0.05, 0) is 159 Å². The van der Waals surface area contributed by atoms with E-state index in [4.69, 9.17) is 0 Å². The Morgan fingerprint density at radius 1 is 0.262 bits per heavy atom. The minimum atomic E-state index is 0.969. The monoisotopic (exact) mass is 530 g/mol. The summed E-state index contributed by atoms with van der Waals surface area (Å²) in [5.74, 6) is 0. The number of hydrogen-bond donors (Lipinski definition) is 0. The van der Waals surface area contributed by atoms with Crippen molar-refractivity contribution in [3.8, 4) is 0 Å². The van der Waals surface area contributed by atoms with E-state index in [1.807, 2.05) is 0 Å². The fourth-order valence-electron chi connectivity index (χ4n) is 7.70. The summed E-state index contributed by atoms with van der Waals surface area (Å²) in [6.07, 6.45) is 1.94. The van der Waals surface area contributed by atoms with Gasteiger partial charge in [0, 0.05) is 0 Å². The third-order valence-electron chi connectivity index (χ3n) is 9.79. The molecule has 9 aromatic rings. The molecule has 0 heteroatoms. The van der Waals surface area contributed by atoms with E-state index in [9.17, 15) is 0 Å². The van der Waals surface area contributed by atoms with Crippen LogP contribution in [0, 0.1) is 0 Å². The van der Waals surface area contributed by atoms with Crippen LogP contribution in [0.25, 0.3) is 75.4 Å². The molecule has 0 heterocycles. The lowest BCUT2D eigenvalue weighted by molar-refractivity contribution is 1.03. The van der Waals surface area contributed by atoms with Gasteiger partial charge >= 0.3 is 0 Å². The summed E-state index contributed by atoms with van der Waals surface area (Å²) in [4.78, 5) is 0. The van der Waals surface area contributed by atoms with Crippen molar-refractivity contribution in [1.29, 1.82) is 0 Å². The summed E-state index contributed by atoms with van der Waals surface area (Å²) in [6.45, 7) is 0. The summed E-state index contributed by atoms with van der Waals surface area (Å²) >= 11 is 0. The van der Waals surface area contributed by atoms with Gasteiger partial charge in [0.25, 0.3) is 0 Å². The Kier molecular flexibility index (Phi) is 4.38. The maximum atomic E-state index is 2.48. The fraction of sp³-hybridized carbons (Fsp3) is 0.0476. The molecule has 0 fully saturated rings. The average molecular weight is 531 g/mol. The van der Waals surface area contributed by atoms with E-state index in [1.54, 1.807) is 0 Å². The topological polar surface area (TPSA) is 0 Å². The molecule has 42 heavy (non-hydrogen) atoms. The van der Waals surface area contributed by atoms with Crippen molar-refractivity contribution < 1.29 is 0 Å². The second kappa shape index (κ2) is 8.18. The molecular formula is C42H26. The van der Waals surface area contributed by atoms with E-state index in [2.05, 4.69) is 133 Å². The van der Waals surface area contributed by atoms with Gasteiger partial charge in [-0.15, -0.1) is 0 Å². The predicted octanol–water partition coefficient (Wildman–Crippen LogP) is 11.3. The molecule has 0 spiro atoms.